The normalized spacial score (nSPS) is 18.7. The maximum Gasteiger partial charge on any atom is 0.343 e. The molecular weight excluding hydrogens is 596 g/mol. The van der Waals surface area contributed by atoms with Gasteiger partial charge in [-0.1, -0.05) is 29.5 Å². The molecule has 11 heteroatoms. The van der Waals surface area contributed by atoms with Crippen LogP contribution in [-0.2, 0) is 44.4 Å². The van der Waals surface area contributed by atoms with Crippen molar-refractivity contribution in [2.75, 3.05) is 6.61 Å². The number of hydrogen-bond acceptors (Lipinski definition) is 7. The predicted molar refractivity (Wildman–Crippen MR) is 141 cm³/mol. The van der Waals surface area contributed by atoms with Gasteiger partial charge in [-0.25, -0.2) is 14.2 Å². The number of halogens is 2. The predicted octanol–water partition coefficient (Wildman–Crippen LogP) is 2.94. The van der Waals surface area contributed by atoms with Crippen LogP contribution in [0, 0.1) is 12.7 Å². The van der Waals surface area contributed by atoms with Crippen LogP contribution < -0.4 is 10.9 Å². The molecule has 2 atom stereocenters. The Balaban J connectivity index is 1.67. The molecule has 1 aromatic carbocycles. The monoisotopic (exact) mass is 621 g/mol. The first-order valence-corrected chi connectivity index (χ1v) is 13.1. The minimum Gasteiger partial charge on any atom is -0.458 e. The largest absolute Gasteiger partial charge is 0.458 e. The van der Waals surface area contributed by atoms with Crippen molar-refractivity contribution >= 4 is 45.4 Å². The van der Waals surface area contributed by atoms with Crippen molar-refractivity contribution in [2.24, 2.45) is 0 Å². The standard InChI is InChI=1S/C26H25FIN3O6/c1-4-26(35)18-6-21-23-16(9-31(21)24(33)17(18)10-37-25(26)34)15(8-29-22(32)11-36-13(3)28)14-5-12(2)19(27)7-20(14)30-23/h5-7,13,35H,4,8-11H2,1-3H3,(H,29,32)/t13?,26-/m0/s1. The van der Waals surface area contributed by atoms with Crippen LogP contribution in [0.4, 0.5) is 4.39 Å². The molecule has 0 radical (unpaired) electrons. The molecule has 1 unspecified atom stereocenters. The summed E-state index contributed by atoms with van der Waals surface area (Å²) >= 11 is 2.06. The molecule has 2 aromatic heterocycles. The topological polar surface area (TPSA) is 120 Å². The molecule has 9 nitrogen and oxygen atoms in total. The maximum atomic E-state index is 14.5. The fourth-order valence-electron chi connectivity index (χ4n) is 4.92. The summed E-state index contributed by atoms with van der Waals surface area (Å²) in [7, 11) is 0. The number of hydrogen-bond donors (Lipinski definition) is 2. The highest BCUT2D eigenvalue weighted by molar-refractivity contribution is 14.1. The fraction of sp³-hybridized carbons (Fsp3) is 0.385. The number of rotatable bonds is 6. The van der Waals surface area contributed by atoms with Crippen LogP contribution in [0.15, 0.2) is 23.0 Å². The number of nitrogens with zero attached hydrogens (tertiary/aromatic N) is 2. The molecule has 0 saturated heterocycles. The Hall–Kier alpha value is -2.90. The summed E-state index contributed by atoms with van der Waals surface area (Å²) in [6, 6.07) is 4.62. The Morgan fingerprint density at radius 3 is 2.81 bits per heavy atom. The van der Waals surface area contributed by atoms with Crippen LogP contribution in [0.5, 0.6) is 0 Å². The van der Waals surface area contributed by atoms with E-state index in [0.29, 0.717) is 39.0 Å². The highest BCUT2D eigenvalue weighted by Crippen LogP contribution is 2.40. The van der Waals surface area contributed by atoms with Crippen LogP contribution in [0.1, 0.15) is 48.1 Å². The lowest BCUT2D eigenvalue weighted by Crippen LogP contribution is -2.44. The molecule has 5 rings (SSSR count). The summed E-state index contributed by atoms with van der Waals surface area (Å²) in [5.74, 6) is -1.54. The lowest BCUT2D eigenvalue weighted by atomic mass is 9.86. The summed E-state index contributed by atoms with van der Waals surface area (Å²) < 4.78 is 26.4. The van der Waals surface area contributed by atoms with Gasteiger partial charge in [-0.2, -0.15) is 0 Å². The average molecular weight is 621 g/mol. The van der Waals surface area contributed by atoms with Gasteiger partial charge in [-0.3, -0.25) is 9.59 Å². The number of carbonyl (C=O) groups is 2. The average Bonchev–Trinajstić information content (AvgIpc) is 3.22. The third kappa shape index (κ3) is 4.22. The minimum atomic E-state index is -1.95. The number of benzene rings is 1. The number of fused-ring (bicyclic) bond motifs is 5. The van der Waals surface area contributed by atoms with Gasteiger partial charge in [0.25, 0.3) is 5.56 Å². The molecule has 0 fully saturated rings. The van der Waals surface area contributed by atoms with E-state index < -0.39 is 22.9 Å². The highest BCUT2D eigenvalue weighted by Gasteiger charge is 2.45. The summed E-state index contributed by atoms with van der Waals surface area (Å²) in [6.45, 7) is 5.05. The lowest BCUT2D eigenvalue weighted by molar-refractivity contribution is -0.172. The molecule has 4 heterocycles. The van der Waals surface area contributed by atoms with Gasteiger partial charge in [-0.05, 0) is 43.5 Å². The Labute approximate surface area is 225 Å². The number of aryl methyl sites for hydroxylation is 1. The summed E-state index contributed by atoms with van der Waals surface area (Å²) in [5.41, 5.74) is 1.13. The molecule has 1 amide bonds. The van der Waals surface area contributed by atoms with Gasteiger partial charge >= 0.3 is 5.97 Å². The van der Waals surface area contributed by atoms with E-state index in [2.05, 4.69) is 27.9 Å². The molecule has 2 aliphatic rings. The smallest absolute Gasteiger partial charge is 0.343 e. The zero-order chi connectivity index (χ0) is 26.6. The molecule has 0 aliphatic carbocycles. The van der Waals surface area contributed by atoms with Crippen LogP contribution in [0.2, 0.25) is 0 Å². The fourth-order valence-corrected chi connectivity index (χ4v) is 5.10. The van der Waals surface area contributed by atoms with E-state index in [9.17, 15) is 23.9 Å². The van der Waals surface area contributed by atoms with Crippen molar-refractivity contribution in [3.8, 4) is 11.4 Å². The van der Waals surface area contributed by atoms with Crippen molar-refractivity contribution in [1.82, 2.24) is 14.9 Å². The molecule has 2 aliphatic heterocycles. The molecule has 3 aromatic rings. The van der Waals surface area contributed by atoms with Gasteiger partial charge in [0.15, 0.2) is 5.60 Å². The van der Waals surface area contributed by atoms with E-state index >= 15 is 0 Å². The summed E-state index contributed by atoms with van der Waals surface area (Å²) in [6.07, 6.45) is 0.0272. The number of carbonyl (C=O) groups excluding carboxylic acids is 2. The van der Waals surface area contributed by atoms with Crippen LogP contribution in [0.25, 0.3) is 22.3 Å². The highest BCUT2D eigenvalue weighted by atomic mass is 127. The number of nitrogens with one attached hydrogen (secondary N) is 1. The van der Waals surface area contributed by atoms with Gasteiger partial charge in [0.2, 0.25) is 5.91 Å². The number of pyridine rings is 2. The number of aromatic nitrogens is 2. The van der Waals surface area contributed by atoms with Crippen molar-refractivity contribution in [2.45, 2.75) is 56.6 Å². The molecule has 0 saturated carbocycles. The van der Waals surface area contributed by atoms with Gasteiger partial charge in [0.1, 0.15) is 23.1 Å². The quantitative estimate of drug-likeness (QED) is 0.193. The van der Waals surface area contributed by atoms with E-state index in [0.717, 1.165) is 0 Å². The maximum absolute atomic E-state index is 14.5. The van der Waals surface area contributed by atoms with Crippen molar-refractivity contribution in [3.63, 3.8) is 0 Å². The number of amides is 1. The SMILES string of the molecule is CC[C@@]1(O)C(=O)OCc2c1cc1n(c2=O)Cc2c-1nc1cc(F)c(C)cc1c2CNC(=O)COC(C)I. The summed E-state index contributed by atoms with van der Waals surface area (Å²) in [4.78, 5) is 43.0. The van der Waals surface area contributed by atoms with E-state index in [4.69, 9.17) is 14.5 Å². The van der Waals surface area contributed by atoms with Crippen molar-refractivity contribution in [3.05, 3.63) is 62.2 Å². The first kappa shape index (κ1) is 25.7. The van der Waals surface area contributed by atoms with Crippen LogP contribution in [0.3, 0.4) is 0 Å². The second-order valence-electron chi connectivity index (χ2n) is 9.27. The van der Waals surface area contributed by atoms with E-state index in [1.165, 1.54) is 10.6 Å². The van der Waals surface area contributed by atoms with E-state index in [1.54, 1.807) is 26.0 Å². The number of esters is 1. The number of alkyl halides is 1. The Morgan fingerprint density at radius 1 is 1.35 bits per heavy atom. The molecular formula is C26H25FIN3O6. The van der Waals surface area contributed by atoms with Gasteiger partial charge in [0.05, 0.1) is 29.0 Å². The Morgan fingerprint density at radius 2 is 2.11 bits per heavy atom. The third-order valence-electron chi connectivity index (χ3n) is 6.99. The third-order valence-corrected chi connectivity index (χ3v) is 7.35. The second kappa shape index (κ2) is 9.44. The zero-order valence-corrected chi connectivity index (χ0v) is 22.6. The molecule has 194 valence electrons. The van der Waals surface area contributed by atoms with Crippen molar-refractivity contribution in [1.29, 1.82) is 0 Å². The van der Waals surface area contributed by atoms with Gasteiger partial charge in [0, 0.05) is 29.1 Å². The number of cyclic esters (lactones) is 1. The number of ether oxygens (including phenoxy) is 2. The summed E-state index contributed by atoms with van der Waals surface area (Å²) in [5, 5.41) is 14.6. The molecule has 0 bridgehead atoms. The Bertz CT molecular complexity index is 1540. The zero-order valence-electron chi connectivity index (χ0n) is 20.5. The first-order chi connectivity index (χ1) is 17.5. The molecule has 2 N–H and O–H groups in total. The van der Waals surface area contributed by atoms with Crippen LogP contribution in [-0.4, -0.2) is 37.3 Å². The van der Waals surface area contributed by atoms with Gasteiger partial charge < -0.3 is 24.5 Å². The van der Waals surface area contributed by atoms with Crippen LogP contribution >= 0.6 is 22.6 Å². The van der Waals surface area contributed by atoms with Crippen molar-refractivity contribution < 1.29 is 28.6 Å². The second-order valence-corrected chi connectivity index (χ2v) is 11.0. The molecule has 37 heavy (non-hydrogen) atoms. The number of aliphatic hydroxyl groups is 1. The minimum absolute atomic E-state index is 0.0272. The molecule has 0 spiro atoms. The lowest BCUT2D eigenvalue weighted by Gasteiger charge is -2.31. The van der Waals surface area contributed by atoms with Gasteiger partial charge in [-0.15, -0.1) is 0 Å². The Kier molecular flexibility index (Phi) is 6.57. The van der Waals surface area contributed by atoms with E-state index in [1.807, 2.05) is 6.92 Å². The van der Waals surface area contributed by atoms with E-state index in [-0.39, 0.29) is 53.9 Å². The first-order valence-electron chi connectivity index (χ1n) is 11.9.